The van der Waals surface area contributed by atoms with Crippen molar-refractivity contribution >= 4 is 11.7 Å². The van der Waals surface area contributed by atoms with Crippen LogP contribution in [0.25, 0.3) is 0 Å². The number of ether oxygens (including phenoxy) is 1. The minimum atomic E-state index is -0.272. The summed E-state index contributed by atoms with van der Waals surface area (Å²) in [5.41, 5.74) is 2.10. The minimum absolute atomic E-state index is 0.104. The van der Waals surface area contributed by atoms with Crippen LogP contribution in [0.5, 0.6) is 5.75 Å². The zero-order chi connectivity index (χ0) is 15.5. The summed E-state index contributed by atoms with van der Waals surface area (Å²) in [6.07, 6.45) is 1.63. The molecule has 1 N–H and O–H groups in total. The summed E-state index contributed by atoms with van der Waals surface area (Å²) in [6, 6.07) is 16.9. The lowest BCUT2D eigenvalue weighted by Gasteiger charge is -2.31. The van der Waals surface area contributed by atoms with Crippen molar-refractivity contribution in [1.82, 2.24) is 0 Å². The number of para-hydroxylation sites is 1. The molecule has 1 saturated heterocycles. The molecule has 1 fully saturated rings. The van der Waals surface area contributed by atoms with Gasteiger partial charge in [-0.1, -0.05) is 30.3 Å². The van der Waals surface area contributed by atoms with Crippen LogP contribution in [0.3, 0.4) is 0 Å². The van der Waals surface area contributed by atoms with Gasteiger partial charge in [-0.15, -0.1) is 0 Å². The van der Waals surface area contributed by atoms with Gasteiger partial charge in [0.05, 0.1) is 13.2 Å². The number of carbonyl (C=O) groups is 1. The summed E-state index contributed by atoms with van der Waals surface area (Å²) < 4.78 is 4.97. The molecule has 2 aromatic carbocycles. The molecule has 2 atom stereocenters. The molecule has 1 aliphatic heterocycles. The van der Waals surface area contributed by atoms with Crippen molar-refractivity contribution in [3.63, 3.8) is 0 Å². The highest BCUT2D eigenvalue weighted by Gasteiger charge is 2.39. The molecule has 0 spiro atoms. The van der Waals surface area contributed by atoms with Crippen LogP contribution in [0.15, 0.2) is 54.6 Å². The van der Waals surface area contributed by atoms with E-state index < -0.39 is 0 Å². The highest BCUT2D eigenvalue weighted by Crippen LogP contribution is 2.40. The molecular formula is C18H19NO3. The maximum absolute atomic E-state index is 12.1. The fourth-order valence-corrected chi connectivity index (χ4v) is 3.16. The van der Waals surface area contributed by atoms with Gasteiger partial charge in [-0.05, 0) is 42.7 Å². The van der Waals surface area contributed by atoms with E-state index >= 15 is 0 Å². The van der Waals surface area contributed by atoms with Gasteiger partial charge in [-0.25, -0.2) is 4.79 Å². The maximum Gasteiger partial charge on any atom is 0.328 e. The van der Waals surface area contributed by atoms with Gasteiger partial charge in [0.2, 0.25) is 0 Å². The molecule has 3 rings (SSSR count). The highest BCUT2D eigenvalue weighted by molar-refractivity contribution is 5.81. The molecule has 0 bridgehead atoms. The van der Waals surface area contributed by atoms with Crippen LogP contribution in [-0.4, -0.2) is 24.2 Å². The van der Waals surface area contributed by atoms with Gasteiger partial charge in [0.1, 0.15) is 11.8 Å². The molecule has 114 valence electrons. The minimum Gasteiger partial charge on any atom is -0.508 e. The van der Waals surface area contributed by atoms with Gasteiger partial charge in [0, 0.05) is 5.69 Å². The van der Waals surface area contributed by atoms with Crippen molar-refractivity contribution in [3.05, 3.63) is 60.2 Å². The number of esters is 1. The molecule has 4 nitrogen and oxygen atoms in total. The number of methoxy groups -OCH3 is 1. The molecule has 4 heteroatoms. The molecule has 0 amide bonds. The van der Waals surface area contributed by atoms with E-state index in [1.165, 1.54) is 7.11 Å². The lowest BCUT2D eigenvalue weighted by atomic mass is 10.0. The second-order valence-electron chi connectivity index (χ2n) is 5.47. The molecule has 0 aromatic heterocycles. The Morgan fingerprint density at radius 1 is 1.09 bits per heavy atom. The zero-order valence-electron chi connectivity index (χ0n) is 12.5. The SMILES string of the molecule is COC(=O)[C@@H]1CC[C@H](c2ccc(O)cc2)N1c1ccccc1. The standard InChI is InChI=1S/C18H19NO3/c1-22-18(21)17-12-11-16(13-7-9-15(20)10-8-13)19(17)14-5-3-2-4-6-14/h2-10,16-17,20H,11-12H2,1H3/t16-,17+/m1/s1. The highest BCUT2D eigenvalue weighted by atomic mass is 16.5. The third-order valence-corrected chi connectivity index (χ3v) is 4.19. The molecule has 0 saturated carbocycles. The van der Waals surface area contributed by atoms with E-state index in [0.717, 1.165) is 24.1 Å². The van der Waals surface area contributed by atoms with Crippen molar-refractivity contribution in [2.75, 3.05) is 12.0 Å². The van der Waals surface area contributed by atoms with E-state index in [4.69, 9.17) is 4.74 Å². The number of aromatic hydroxyl groups is 1. The lowest BCUT2D eigenvalue weighted by Crippen LogP contribution is -2.38. The third kappa shape index (κ3) is 2.64. The molecular weight excluding hydrogens is 278 g/mol. The fourth-order valence-electron chi connectivity index (χ4n) is 3.16. The predicted molar refractivity (Wildman–Crippen MR) is 84.8 cm³/mol. The number of benzene rings is 2. The molecule has 2 aromatic rings. The summed E-state index contributed by atoms with van der Waals surface area (Å²) in [4.78, 5) is 14.2. The topological polar surface area (TPSA) is 49.8 Å². The Morgan fingerprint density at radius 2 is 1.77 bits per heavy atom. The number of nitrogens with zero attached hydrogens (tertiary/aromatic N) is 1. The normalized spacial score (nSPS) is 20.9. The van der Waals surface area contributed by atoms with Gasteiger partial charge in [0.15, 0.2) is 0 Å². The second kappa shape index (κ2) is 6.10. The van der Waals surface area contributed by atoms with Gasteiger partial charge in [-0.2, -0.15) is 0 Å². The van der Waals surface area contributed by atoms with Crippen LogP contribution in [0.2, 0.25) is 0 Å². The van der Waals surface area contributed by atoms with Crippen LogP contribution < -0.4 is 4.90 Å². The van der Waals surface area contributed by atoms with E-state index in [1.54, 1.807) is 12.1 Å². The number of hydrogen-bond acceptors (Lipinski definition) is 4. The summed E-state index contributed by atoms with van der Waals surface area (Å²) in [5, 5.41) is 9.47. The first-order chi connectivity index (χ1) is 10.7. The first kappa shape index (κ1) is 14.4. The zero-order valence-corrected chi connectivity index (χ0v) is 12.5. The maximum atomic E-state index is 12.1. The van der Waals surface area contributed by atoms with E-state index in [9.17, 15) is 9.90 Å². The van der Waals surface area contributed by atoms with Crippen LogP contribution >= 0.6 is 0 Å². The Morgan fingerprint density at radius 3 is 2.41 bits per heavy atom. The first-order valence-corrected chi connectivity index (χ1v) is 7.41. The van der Waals surface area contributed by atoms with E-state index in [2.05, 4.69) is 4.90 Å². The van der Waals surface area contributed by atoms with Crippen LogP contribution in [0.4, 0.5) is 5.69 Å². The Kier molecular flexibility index (Phi) is 4.00. The molecule has 0 unspecified atom stereocenters. The quantitative estimate of drug-likeness (QED) is 0.883. The molecule has 22 heavy (non-hydrogen) atoms. The summed E-state index contributed by atoms with van der Waals surface area (Å²) in [7, 11) is 1.43. The van der Waals surface area contributed by atoms with Crippen LogP contribution in [0.1, 0.15) is 24.4 Å². The average Bonchev–Trinajstić information content (AvgIpc) is 3.00. The van der Waals surface area contributed by atoms with Gasteiger partial charge in [-0.3, -0.25) is 0 Å². The predicted octanol–water partition coefficient (Wildman–Crippen LogP) is 3.28. The van der Waals surface area contributed by atoms with Crippen LogP contribution in [0, 0.1) is 0 Å². The number of phenols is 1. The van der Waals surface area contributed by atoms with Gasteiger partial charge >= 0.3 is 5.97 Å². The van der Waals surface area contributed by atoms with Crippen molar-refractivity contribution in [3.8, 4) is 5.75 Å². The molecule has 0 radical (unpaired) electrons. The number of hydrogen-bond donors (Lipinski definition) is 1. The summed E-state index contributed by atoms with van der Waals surface area (Å²) in [5.74, 6) is 0.0441. The average molecular weight is 297 g/mol. The molecule has 0 aliphatic carbocycles. The van der Waals surface area contributed by atoms with Crippen molar-refractivity contribution in [2.45, 2.75) is 24.9 Å². The second-order valence-corrected chi connectivity index (χ2v) is 5.47. The Labute approximate surface area is 130 Å². The number of carbonyl (C=O) groups excluding carboxylic acids is 1. The van der Waals surface area contributed by atoms with Crippen LogP contribution in [-0.2, 0) is 9.53 Å². The first-order valence-electron chi connectivity index (χ1n) is 7.41. The van der Waals surface area contributed by atoms with Gasteiger partial charge < -0.3 is 14.7 Å². The number of anilines is 1. The summed E-state index contributed by atoms with van der Waals surface area (Å²) in [6.45, 7) is 0. The number of rotatable bonds is 3. The number of phenolic OH excluding ortho intramolecular Hbond substituents is 1. The fraction of sp³-hybridized carbons (Fsp3) is 0.278. The van der Waals surface area contributed by atoms with E-state index in [-0.39, 0.29) is 23.8 Å². The third-order valence-electron chi connectivity index (χ3n) is 4.19. The van der Waals surface area contributed by atoms with Crippen molar-refractivity contribution in [1.29, 1.82) is 0 Å². The van der Waals surface area contributed by atoms with Crippen molar-refractivity contribution in [2.24, 2.45) is 0 Å². The Hall–Kier alpha value is -2.49. The smallest absolute Gasteiger partial charge is 0.328 e. The largest absolute Gasteiger partial charge is 0.508 e. The Balaban J connectivity index is 1.98. The molecule has 1 heterocycles. The lowest BCUT2D eigenvalue weighted by molar-refractivity contribution is -0.142. The van der Waals surface area contributed by atoms with E-state index in [0.29, 0.717) is 0 Å². The van der Waals surface area contributed by atoms with E-state index in [1.807, 2.05) is 42.5 Å². The van der Waals surface area contributed by atoms with Gasteiger partial charge in [0.25, 0.3) is 0 Å². The molecule has 1 aliphatic rings. The van der Waals surface area contributed by atoms with Crippen molar-refractivity contribution < 1.29 is 14.6 Å². The Bertz CT molecular complexity index is 639. The monoisotopic (exact) mass is 297 g/mol. The summed E-state index contributed by atoms with van der Waals surface area (Å²) >= 11 is 0.